The van der Waals surface area contributed by atoms with E-state index in [9.17, 15) is 4.79 Å². The van der Waals surface area contributed by atoms with Crippen LogP contribution in [-0.4, -0.2) is 25.8 Å². The van der Waals surface area contributed by atoms with Gasteiger partial charge in [0.25, 0.3) is 5.91 Å². The van der Waals surface area contributed by atoms with Crippen molar-refractivity contribution < 1.29 is 4.79 Å². The van der Waals surface area contributed by atoms with Gasteiger partial charge in [-0.3, -0.25) is 4.79 Å². The third kappa shape index (κ3) is 2.78. The number of anilines is 2. The molecule has 122 valence electrons. The summed E-state index contributed by atoms with van der Waals surface area (Å²) >= 11 is 0. The zero-order chi connectivity index (χ0) is 17.2. The number of benzene rings is 1. The summed E-state index contributed by atoms with van der Waals surface area (Å²) in [5, 5.41) is 3.53. The summed E-state index contributed by atoms with van der Waals surface area (Å²) in [7, 11) is 0. The third-order valence-electron chi connectivity index (χ3n) is 3.86. The number of carbonyl (C=O) groups is 1. The molecule has 0 unspecified atom stereocenters. The molecule has 0 saturated carbocycles. The molecule has 0 aliphatic heterocycles. The Bertz CT molecular complexity index is 1040. The van der Waals surface area contributed by atoms with Crippen molar-refractivity contribution >= 4 is 28.6 Å². The van der Waals surface area contributed by atoms with Crippen molar-refractivity contribution in [2.45, 2.75) is 0 Å². The molecule has 7 nitrogen and oxygen atoms in total. The van der Waals surface area contributed by atoms with Crippen molar-refractivity contribution in [2.75, 3.05) is 11.1 Å². The van der Waals surface area contributed by atoms with Gasteiger partial charge in [0, 0.05) is 23.5 Å². The molecule has 0 radical (unpaired) electrons. The molecule has 4 N–H and O–H groups in total. The minimum atomic E-state index is -0.216. The standard InChI is InChI=1S/C18H14N6O/c19-16-15-13(9-21-17(15)23-10-22-16)11-4-6-12(7-5-11)18(25)24-14-3-1-2-8-20-14/h1-10H,(H,20,24,25)(H3,19,21,22,23). The monoisotopic (exact) mass is 330 g/mol. The van der Waals surface area contributed by atoms with Crippen LogP contribution >= 0.6 is 0 Å². The Labute approximate surface area is 143 Å². The molecule has 1 amide bonds. The van der Waals surface area contributed by atoms with Gasteiger partial charge in [0.05, 0.1) is 5.39 Å². The maximum absolute atomic E-state index is 12.3. The summed E-state index contributed by atoms with van der Waals surface area (Å²) < 4.78 is 0. The second-order valence-electron chi connectivity index (χ2n) is 5.43. The first kappa shape index (κ1) is 14.8. The lowest BCUT2D eigenvalue weighted by molar-refractivity contribution is 0.102. The van der Waals surface area contributed by atoms with Crippen LogP contribution in [0.5, 0.6) is 0 Å². The Morgan fingerprint density at radius 1 is 1.04 bits per heavy atom. The molecule has 0 atom stereocenters. The van der Waals surface area contributed by atoms with Gasteiger partial charge in [-0.2, -0.15) is 0 Å². The first-order valence-corrected chi connectivity index (χ1v) is 7.63. The summed E-state index contributed by atoms with van der Waals surface area (Å²) in [6.45, 7) is 0. The van der Waals surface area contributed by atoms with E-state index in [2.05, 4.69) is 25.3 Å². The number of nitrogens with two attached hydrogens (primary N) is 1. The maximum Gasteiger partial charge on any atom is 0.256 e. The highest BCUT2D eigenvalue weighted by atomic mass is 16.1. The Morgan fingerprint density at radius 3 is 2.64 bits per heavy atom. The van der Waals surface area contributed by atoms with Gasteiger partial charge in [-0.15, -0.1) is 0 Å². The number of nitrogen functional groups attached to an aromatic ring is 1. The Kier molecular flexibility index (Phi) is 3.59. The smallest absolute Gasteiger partial charge is 0.256 e. The van der Waals surface area contributed by atoms with Crippen LogP contribution in [0.15, 0.2) is 61.2 Å². The van der Waals surface area contributed by atoms with Gasteiger partial charge in [-0.1, -0.05) is 18.2 Å². The predicted molar refractivity (Wildman–Crippen MR) is 95.9 cm³/mol. The van der Waals surface area contributed by atoms with Gasteiger partial charge >= 0.3 is 0 Å². The fraction of sp³-hybridized carbons (Fsp3) is 0. The third-order valence-corrected chi connectivity index (χ3v) is 3.86. The molecule has 0 spiro atoms. The average molecular weight is 330 g/mol. The van der Waals surface area contributed by atoms with Crippen LogP contribution < -0.4 is 11.1 Å². The Balaban J connectivity index is 1.62. The number of rotatable bonds is 3. The van der Waals surface area contributed by atoms with Crippen LogP contribution in [0.1, 0.15) is 10.4 Å². The van der Waals surface area contributed by atoms with Crippen LogP contribution in [0, 0.1) is 0 Å². The maximum atomic E-state index is 12.3. The Morgan fingerprint density at radius 2 is 1.88 bits per heavy atom. The molecule has 0 saturated heterocycles. The lowest BCUT2D eigenvalue weighted by Crippen LogP contribution is -2.12. The van der Waals surface area contributed by atoms with E-state index < -0.39 is 0 Å². The number of pyridine rings is 1. The molecule has 3 heterocycles. The Hall–Kier alpha value is -3.74. The predicted octanol–water partition coefficient (Wildman–Crippen LogP) is 2.85. The van der Waals surface area contributed by atoms with Crippen LogP contribution in [0.3, 0.4) is 0 Å². The molecule has 0 aliphatic carbocycles. The first-order valence-electron chi connectivity index (χ1n) is 7.63. The van der Waals surface area contributed by atoms with E-state index in [4.69, 9.17) is 5.73 Å². The highest BCUT2D eigenvalue weighted by molar-refractivity contribution is 6.05. The topological polar surface area (TPSA) is 110 Å². The lowest BCUT2D eigenvalue weighted by Gasteiger charge is -2.06. The molecule has 0 bridgehead atoms. The summed E-state index contributed by atoms with van der Waals surface area (Å²) in [4.78, 5) is 27.6. The highest BCUT2D eigenvalue weighted by Gasteiger charge is 2.12. The van der Waals surface area contributed by atoms with E-state index in [-0.39, 0.29) is 5.91 Å². The summed E-state index contributed by atoms with van der Waals surface area (Å²) in [5.74, 6) is 0.711. The van der Waals surface area contributed by atoms with Crippen molar-refractivity contribution in [1.29, 1.82) is 0 Å². The number of fused-ring (bicyclic) bond motifs is 1. The molecule has 0 fully saturated rings. The van der Waals surface area contributed by atoms with Crippen LogP contribution in [-0.2, 0) is 0 Å². The molecule has 7 heteroatoms. The van der Waals surface area contributed by atoms with Gasteiger partial charge in [0.1, 0.15) is 23.6 Å². The van der Waals surface area contributed by atoms with E-state index in [1.165, 1.54) is 6.33 Å². The fourth-order valence-corrected chi connectivity index (χ4v) is 2.64. The molecule has 3 aromatic heterocycles. The summed E-state index contributed by atoms with van der Waals surface area (Å²) in [5.41, 5.74) is 8.99. The largest absolute Gasteiger partial charge is 0.383 e. The van der Waals surface area contributed by atoms with Gasteiger partial charge in [0.15, 0.2) is 0 Å². The van der Waals surface area contributed by atoms with Gasteiger partial charge in [-0.25, -0.2) is 15.0 Å². The molecular formula is C18H14N6O. The lowest BCUT2D eigenvalue weighted by atomic mass is 10.0. The molecule has 1 aromatic carbocycles. The van der Waals surface area contributed by atoms with Gasteiger partial charge < -0.3 is 16.0 Å². The second-order valence-corrected chi connectivity index (χ2v) is 5.43. The SMILES string of the molecule is Nc1ncnc2[nH]cc(-c3ccc(C(=O)Nc4ccccn4)cc3)c12. The number of aromatic nitrogens is 4. The first-order chi connectivity index (χ1) is 12.2. The molecule has 25 heavy (non-hydrogen) atoms. The van der Waals surface area contributed by atoms with E-state index >= 15 is 0 Å². The number of aromatic amines is 1. The second kappa shape index (κ2) is 6.04. The number of H-pyrrole nitrogens is 1. The summed E-state index contributed by atoms with van der Waals surface area (Å²) in [6.07, 6.45) is 4.88. The van der Waals surface area contributed by atoms with E-state index in [1.54, 1.807) is 30.5 Å². The zero-order valence-electron chi connectivity index (χ0n) is 13.1. The van der Waals surface area contributed by atoms with Crippen molar-refractivity contribution in [1.82, 2.24) is 19.9 Å². The van der Waals surface area contributed by atoms with Gasteiger partial charge in [-0.05, 0) is 29.8 Å². The average Bonchev–Trinajstić information content (AvgIpc) is 3.08. The quantitative estimate of drug-likeness (QED) is 0.535. The highest BCUT2D eigenvalue weighted by Crippen LogP contribution is 2.30. The van der Waals surface area contributed by atoms with Crippen molar-refractivity contribution in [3.63, 3.8) is 0 Å². The minimum Gasteiger partial charge on any atom is -0.383 e. The van der Waals surface area contributed by atoms with Crippen molar-refractivity contribution in [3.8, 4) is 11.1 Å². The number of nitrogens with zero attached hydrogens (tertiary/aromatic N) is 3. The number of carbonyl (C=O) groups excluding carboxylic acids is 1. The van der Waals surface area contributed by atoms with Crippen molar-refractivity contribution in [2.24, 2.45) is 0 Å². The normalized spacial score (nSPS) is 10.7. The molecule has 0 aliphatic rings. The molecule has 4 rings (SSSR count). The minimum absolute atomic E-state index is 0.216. The number of amides is 1. The summed E-state index contributed by atoms with van der Waals surface area (Å²) in [6, 6.07) is 12.6. The number of hydrogen-bond acceptors (Lipinski definition) is 5. The van der Waals surface area contributed by atoms with Crippen LogP contribution in [0.2, 0.25) is 0 Å². The van der Waals surface area contributed by atoms with E-state index in [0.717, 1.165) is 16.5 Å². The fourth-order valence-electron chi connectivity index (χ4n) is 2.64. The van der Waals surface area contributed by atoms with Crippen molar-refractivity contribution in [3.05, 3.63) is 66.7 Å². The number of hydrogen-bond donors (Lipinski definition) is 3. The van der Waals surface area contributed by atoms with E-state index in [1.807, 2.05) is 24.4 Å². The van der Waals surface area contributed by atoms with E-state index in [0.29, 0.717) is 22.8 Å². The number of nitrogens with one attached hydrogen (secondary N) is 2. The zero-order valence-corrected chi connectivity index (χ0v) is 13.1. The van der Waals surface area contributed by atoms with Crippen LogP contribution in [0.4, 0.5) is 11.6 Å². The van der Waals surface area contributed by atoms with Crippen LogP contribution in [0.25, 0.3) is 22.2 Å². The molecule has 4 aromatic rings. The molecular weight excluding hydrogens is 316 g/mol. The van der Waals surface area contributed by atoms with Gasteiger partial charge in [0.2, 0.25) is 0 Å².